The van der Waals surface area contributed by atoms with Gasteiger partial charge in [-0.2, -0.15) is 11.3 Å². The summed E-state index contributed by atoms with van der Waals surface area (Å²) in [6.07, 6.45) is 1.33. The second-order valence-electron chi connectivity index (χ2n) is 5.03. The molecule has 1 fully saturated rings. The first-order chi connectivity index (χ1) is 10.2. The summed E-state index contributed by atoms with van der Waals surface area (Å²) in [4.78, 5) is 19.0. The van der Waals surface area contributed by atoms with Crippen molar-refractivity contribution in [2.75, 3.05) is 31.1 Å². The van der Waals surface area contributed by atoms with Crippen LogP contribution in [0.2, 0.25) is 0 Å². The van der Waals surface area contributed by atoms with Crippen molar-refractivity contribution in [1.82, 2.24) is 9.88 Å². The van der Waals surface area contributed by atoms with Crippen molar-refractivity contribution in [1.29, 1.82) is 0 Å². The number of thiophene rings is 1. The van der Waals surface area contributed by atoms with E-state index in [-0.39, 0.29) is 5.69 Å². The molecule has 0 bridgehead atoms. The number of aromatic nitrogens is 1. The Morgan fingerprint density at radius 2 is 2.05 bits per heavy atom. The molecule has 0 amide bonds. The fraction of sp³-hybridized carbons (Fsp3) is 0.357. The highest BCUT2D eigenvalue weighted by Gasteiger charge is 2.18. The number of hydrogen-bond donors (Lipinski definition) is 0. The van der Waals surface area contributed by atoms with Crippen LogP contribution in [0.15, 0.2) is 35.2 Å². The third kappa shape index (κ3) is 3.37. The van der Waals surface area contributed by atoms with E-state index in [4.69, 9.17) is 0 Å². The molecule has 0 unspecified atom stereocenters. The second kappa shape index (κ2) is 6.19. The van der Waals surface area contributed by atoms with Crippen molar-refractivity contribution >= 4 is 22.8 Å². The van der Waals surface area contributed by atoms with E-state index in [1.54, 1.807) is 17.4 Å². The monoisotopic (exact) mass is 304 g/mol. The van der Waals surface area contributed by atoms with Gasteiger partial charge in [0.25, 0.3) is 5.69 Å². The molecule has 0 aliphatic carbocycles. The van der Waals surface area contributed by atoms with Crippen molar-refractivity contribution in [2.45, 2.75) is 6.54 Å². The van der Waals surface area contributed by atoms with Gasteiger partial charge in [-0.1, -0.05) is 0 Å². The molecule has 7 heteroatoms. The molecule has 110 valence electrons. The molecule has 2 aromatic heterocycles. The number of pyridine rings is 1. The smallest absolute Gasteiger partial charge is 0.287 e. The van der Waals surface area contributed by atoms with Gasteiger partial charge in [0.05, 0.1) is 4.92 Å². The first kappa shape index (κ1) is 14.0. The Kier molecular flexibility index (Phi) is 4.12. The topological polar surface area (TPSA) is 62.5 Å². The molecule has 3 rings (SSSR count). The Bertz CT molecular complexity index is 592. The maximum Gasteiger partial charge on any atom is 0.287 e. The largest absolute Gasteiger partial charge is 0.354 e. The minimum Gasteiger partial charge on any atom is -0.354 e. The van der Waals surface area contributed by atoms with Crippen LogP contribution in [0, 0.1) is 10.1 Å². The van der Waals surface area contributed by atoms with Crippen LogP contribution in [0.4, 0.5) is 11.5 Å². The first-order valence-corrected chi connectivity index (χ1v) is 7.75. The molecule has 21 heavy (non-hydrogen) atoms. The summed E-state index contributed by atoms with van der Waals surface area (Å²) in [5.41, 5.74) is 1.40. The van der Waals surface area contributed by atoms with Crippen molar-refractivity contribution in [3.8, 4) is 0 Å². The molecular weight excluding hydrogens is 288 g/mol. The van der Waals surface area contributed by atoms with E-state index < -0.39 is 4.92 Å². The van der Waals surface area contributed by atoms with Crippen LogP contribution in [0.25, 0.3) is 0 Å². The fourth-order valence-electron chi connectivity index (χ4n) is 2.45. The second-order valence-corrected chi connectivity index (χ2v) is 5.81. The zero-order chi connectivity index (χ0) is 14.7. The molecule has 0 N–H and O–H groups in total. The lowest BCUT2D eigenvalue weighted by atomic mass is 10.2. The summed E-state index contributed by atoms with van der Waals surface area (Å²) in [5, 5.41) is 14.9. The minimum atomic E-state index is -0.421. The number of anilines is 1. The Balaban J connectivity index is 1.56. The maximum atomic E-state index is 10.6. The molecule has 0 spiro atoms. The molecule has 1 saturated heterocycles. The van der Waals surface area contributed by atoms with Gasteiger partial charge in [-0.15, -0.1) is 0 Å². The molecule has 0 aromatic carbocycles. The van der Waals surface area contributed by atoms with Crippen LogP contribution in [-0.4, -0.2) is 41.0 Å². The fourth-order valence-corrected chi connectivity index (χ4v) is 3.11. The molecule has 0 saturated carbocycles. The molecule has 1 aliphatic rings. The van der Waals surface area contributed by atoms with E-state index in [0.29, 0.717) is 0 Å². The van der Waals surface area contributed by atoms with E-state index in [1.165, 1.54) is 17.8 Å². The Morgan fingerprint density at radius 1 is 1.24 bits per heavy atom. The van der Waals surface area contributed by atoms with Crippen LogP contribution in [0.1, 0.15) is 5.56 Å². The highest BCUT2D eigenvalue weighted by atomic mass is 32.1. The van der Waals surface area contributed by atoms with Gasteiger partial charge in [0, 0.05) is 38.8 Å². The number of rotatable bonds is 4. The first-order valence-electron chi connectivity index (χ1n) is 6.81. The van der Waals surface area contributed by atoms with Crippen LogP contribution >= 0.6 is 11.3 Å². The maximum absolute atomic E-state index is 10.6. The summed E-state index contributed by atoms with van der Waals surface area (Å²) in [5.74, 6) is 0.816. The number of nitrogens with zero attached hydrogens (tertiary/aromatic N) is 4. The summed E-state index contributed by atoms with van der Waals surface area (Å²) in [6.45, 7) is 4.75. The third-order valence-electron chi connectivity index (χ3n) is 3.63. The molecule has 3 heterocycles. The Hall–Kier alpha value is -1.99. The average molecular weight is 304 g/mol. The predicted octanol–water partition coefficient (Wildman–Crippen LogP) is 2.37. The zero-order valence-corrected chi connectivity index (χ0v) is 12.3. The molecule has 2 aromatic rings. The SMILES string of the molecule is O=[N+]([O-])c1ccc(N2CCN(Cc3ccsc3)CC2)nc1. The summed E-state index contributed by atoms with van der Waals surface area (Å²) in [7, 11) is 0. The van der Waals surface area contributed by atoms with E-state index in [2.05, 4.69) is 31.6 Å². The van der Waals surface area contributed by atoms with Crippen molar-refractivity contribution < 1.29 is 4.92 Å². The predicted molar refractivity (Wildman–Crippen MR) is 82.7 cm³/mol. The van der Waals surface area contributed by atoms with Gasteiger partial charge in [-0.3, -0.25) is 15.0 Å². The normalized spacial score (nSPS) is 16.1. The Labute approximate surface area is 126 Å². The van der Waals surface area contributed by atoms with Gasteiger partial charge in [0.1, 0.15) is 12.0 Å². The summed E-state index contributed by atoms with van der Waals surface area (Å²) in [6, 6.07) is 5.40. The van der Waals surface area contributed by atoms with Crippen LogP contribution in [0.5, 0.6) is 0 Å². The standard InChI is InChI=1S/C14H16N4O2S/c19-18(20)13-1-2-14(15-9-13)17-6-4-16(5-7-17)10-12-3-8-21-11-12/h1-3,8-9,11H,4-7,10H2. The van der Waals surface area contributed by atoms with Gasteiger partial charge < -0.3 is 4.90 Å². The lowest BCUT2D eigenvalue weighted by Gasteiger charge is -2.35. The van der Waals surface area contributed by atoms with Crippen LogP contribution < -0.4 is 4.90 Å². The highest BCUT2D eigenvalue weighted by molar-refractivity contribution is 7.07. The molecular formula is C14H16N4O2S. The quantitative estimate of drug-likeness (QED) is 0.641. The van der Waals surface area contributed by atoms with E-state index in [9.17, 15) is 10.1 Å². The van der Waals surface area contributed by atoms with Gasteiger partial charge >= 0.3 is 0 Å². The molecule has 0 radical (unpaired) electrons. The average Bonchev–Trinajstić information content (AvgIpc) is 3.01. The molecule has 0 atom stereocenters. The Morgan fingerprint density at radius 3 is 2.62 bits per heavy atom. The van der Waals surface area contributed by atoms with Gasteiger partial charge in [-0.05, 0) is 28.5 Å². The van der Waals surface area contributed by atoms with E-state index in [0.717, 1.165) is 38.5 Å². The lowest BCUT2D eigenvalue weighted by Crippen LogP contribution is -2.46. The lowest BCUT2D eigenvalue weighted by molar-refractivity contribution is -0.385. The van der Waals surface area contributed by atoms with Crippen molar-refractivity contribution in [2.24, 2.45) is 0 Å². The van der Waals surface area contributed by atoms with Crippen molar-refractivity contribution in [3.63, 3.8) is 0 Å². The zero-order valence-electron chi connectivity index (χ0n) is 11.5. The number of piperazine rings is 1. The van der Waals surface area contributed by atoms with Crippen LogP contribution in [-0.2, 0) is 6.54 Å². The van der Waals surface area contributed by atoms with Gasteiger partial charge in [0.15, 0.2) is 0 Å². The van der Waals surface area contributed by atoms with Crippen LogP contribution in [0.3, 0.4) is 0 Å². The molecule has 6 nitrogen and oxygen atoms in total. The highest BCUT2D eigenvalue weighted by Crippen LogP contribution is 2.18. The van der Waals surface area contributed by atoms with Gasteiger partial charge in [0.2, 0.25) is 0 Å². The van der Waals surface area contributed by atoms with Gasteiger partial charge in [-0.25, -0.2) is 4.98 Å². The minimum absolute atomic E-state index is 0.0369. The van der Waals surface area contributed by atoms with E-state index in [1.807, 2.05) is 0 Å². The van der Waals surface area contributed by atoms with Crippen molar-refractivity contribution in [3.05, 3.63) is 50.8 Å². The summed E-state index contributed by atoms with van der Waals surface area (Å²) < 4.78 is 0. The summed E-state index contributed by atoms with van der Waals surface area (Å²) >= 11 is 1.73. The number of nitro groups is 1. The molecule has 1 aliphatic heterocycles. The number of hydrogen-bond acceptors (Lipinski definition) is 6. The van der Waals surface area contributed by atoms with E-state index >= 15 is 0 Å². The third-order valence-corrected chi connectivity index (χ3v) is 4.36.